The van der Waals surface area contributed by atoms with Crippen molar-refractivity contribution in [3.8, 4) is 5.75 Å². The van der Waals surface area contributed by atoms with Gasteiger partial charge >= 0.3 is 0 Å². The lowest BCUT2D eigenvalue weighted by Gasteiger charge is -2.34. The van der Waals surface area contributed by atoms with Gasteiger partial charge in [-0.25, -0.2) is 8.42 Å². The van der Waals surface area contributed by atoms with Crippen LogP contribution in [0, 0.1) is 5.92 Å². The molecule has 2 fully saturated rings. The number of benzene rings is 1. The van der Waals surface area contributed by atoms with Crippen molar-refractivity contribution >= 4 is 33.8 Å². The summed E-state index contributed by atoms with van der Waals surface area (Å²) in [5, 5.41) is 5.87. The van der Waals surface area contributed by atoms with E-state index in [2.05, 4.69) is 10.6 Å². The average Bonchev–Trinajstić information content (AvgIpc) is 3.38. The standard InChI is InChI=1S/C17H24N2O4S.ClH/c1-24(21,22)17(8-10-18-11-9-17)16(20)19-14-4-6-15(7-5-14)23-12-13-2-3-13;/h4-7,13,18H,2-3,8-12H2,1H3,(H,19,20);1H. The number of amides is 1. The highest BCUT2D eigenvalue weighted by molar-refractivity contribution is 7.92. The molecule has 0 atom stereocenters. The molecule has 1 saturated heterocycles. The van der Waals surface area contributed by atoms with Crippen LogP contribution in [-0.2, 0) is 14.6 Å². The fourth-order valence-electron chi connectivity index (χ4n) is 2.97. The van der Waals surface area contributed by atoms with E-state index in [1.54, 1.807) is 24.3 Å². The molecule has 1 saturated carbocycles. The number of nitrogens with one attached hydrogen (secondary N) is 2. The van der Waals surface area contributed by atoms with Crippen LogP contribution in [0.25, 0.3) is 0 Å². The monoisotopic (exact) mass is 388 g/mol. The predicted octanol–water partition coefficient (Wildman–Crippen LogP) is 2.00. The minimum absolute atomic E-state index is 0. The van der Waals surface area contributed by atoms with E-state index in [-0.39, 0.29) is 12.4 Å². The van der Waals surface area contributed by atoms with Crippen LogP contribution in [0.3, 0.4) is 0 Å². The van der Waals surface area contributed by atoms with E-state index in [0.717, 1.165) is 18.6 Å². The van der Waals surface area contributed by atoms with Gasteiger partial charge in [0.05, 0.1) is 6.61 Å². The molecule has 2 N–H and O–H groups in total. The first-order chi connectivity index (χ1) is 11.4. The third-order valence-corrected chi connectivity index (χ3v) is 6.84. The van der Waals surface area contributed by atoms with Gasteiger partial charge < -0.3 is 15.4 Å². The van der Waals surface area contributed by atoms with Crippen molar-refractivity contribution in [2.75, 3.05) is 31.3 Å². The van der Waals surface area contributed by atoms with Crippen molar-refractivity contribution in [3.63, 3.8) is 0 Å². The van der Waals surface area contributed by atoms with E-state index < -0.39 is 20.5 Å². The smallest absolute Gasteiger partial charge is 0.245 e. The summed E-state index contributed by atoms with van der Waals surface area (Å²) in [4.78, 5) is 12.7. The number of halogens is 1. The minimum Gasteiger partial charge on any atom is -0.493 e. The topological polar surface area (TPSA) is 84.5 Å². The Kier molecular flexibility index (Phi) is 6.35. The maximum atomic E-state index is 12.7. The Morgan fingerprint density at radius 3 is 2.36 bits per heavy atom. The lowest BCUT2D eigenvalue weighted by atomic mass is 9.95. The number of carbonyl (C=O) groups excluding carboxylic acids is 1. The molecule has 0 spiro atoms. The summed E-state index contributed by atoms with van der Waals surface area (Å²) in [5.74, 6) is 0.997. The Hall–Kier alpha value is -1.31. The van der Waals surface area contributed by atoms with Crippen molar-refractivity contribution in [2.45, 2.75) is 30.4 Å². The van der Waals surface area contributed by atoms with Gasteiger partial charge in [0.1, 0.15) is 5.75 Å². The molecule has 25 heavy (non-hydrogen) atoms. The van der Waals surface area contributed by atoms with Crippen LogP contribution in [0.4, 0.5) is 5.69 Å². The Balaban J connectivity index is 0.00000225. The first-order valence-corrected chi connectivity index (χ1v) is 10.2. The van der Waals surface area contributed by atoms with Crippen LogP contribution in [-0.4, -0.2) is 45.0 Å². The predicted molar refractivity (Wildman–Crippen MR) is 100 cm³/mol. The van der Waals surface area contributed by atoms with E-state index >= 15 is 0 Å². The van der Waals surface area contributed by atoms with Gasteiger partial charge in [0.2, 0.25) is 5.91 Å². The van der Waals surface area contributed by atoms with Gasteiger partial charge in [0, 0.05) is 11.9 Å². The number of piperidine rings is 1. The summed E-state index contributed by atoms with van der Waals surface area (Å²) in [6.07, 6.45) is 4.19. The highest BCUT2D eigenvalue weighted by atomic mass is 35.5. The van der Waals surface area contributed by atoms with E-state index in [4.69, 9.17) is 4.74 Å². The highest BCUT2D eigenvalue weighted by Crippen LogP contribution is 2.31. The molecule has 140 valence electrons. The first kappa shape index (κ1) is 20.0. The van der Waals surface area contributed by atoms with Crippen molar-refractivity contribution in [3.05, 3.63) is 24.3 Å². The highest BCUT2D eigenvalue weighted by Gasteiger charge is 2.48. The molecule has 1 heterocycles. The van der Waals surface area contributed by atoms with E-state index in [0.29, 0.717) is 37.5 Å². The number of rotatable bonds is 6. The minimum atomic E-state index is -3.50. The van der Waals surface area contributed by atoms with Gasteiger partial charge in [0.15, 0.2) is 14.6 Å². The lowest BCUT2D eigenvalue weighted by Crippen LogP contribution is -2.55. The number of anilines is 1. The van der Waals surface area contributed by atoms with Gasteiger partial charge in [-0.1, -0.05) is 0 Å². The van der Waals surface area contributed by atoms with E-state index in [1.165, 1.54) is 12.8 Å². The molecular formula is C17H25ClN2O4S. The molecule has 8 heteroatoms. The van der Waals surface area contributed by atoms with Crippen molar-refractivity contribution in [2.24, 2.45) is 5.92 Å². The maximum absolute atomic E-state index is 12.7. The summed E-state index contributed by atoms with van der Waals surface area (Å²) >= 11 is 0. The Labute approximate surface area is 155 Å². The summed E-state index contributed by atoms with van der Waals surface area (Å²) in [6.45, 7) is 1.78. The van der Waals surface area contributed by atoms with Gasteiger partial charge in [-0.2, -0.15) is 0 Å². The molecule has 0 unspecified atom stereocenters. The molecule has 1 aromatic rings. The summed E-state index contributed by atoms with van der Waals surface area (Å²) in [5.41, 5.74) is 0.584. The number of hydrogen-bond acceptors (Lipinski definition) is 5. The second-order valence-electron chi connectivity index (χ2n) is 6.75. The summed E-state index contributed by atoms with van der Waals surface area (Å²) in [7, 11) is -3.50. The first-order valence-electron chi connectivity index (χ1n) is 8.35. The number of carbonyl (C=O) groups is 1. The fourth-order valence-corrected chi connectivity index (χ4v) is 4.31. The molecular weight excluding hydrogens is 364 g/mol. The van der Waals surface area contributed by atoms with Crippen LogP contribution in [0.5, 0.6) is 5.75 Å². The third kappa shape index (κ3) is 4.65. The third-order valence-electron chi connectivity index (χ3n) is 4.83. The zero-order valence-corrected chi connectivity index (χ0v) is 15.9. The van der Waals surface area contributed by atoms with Crippen LogP contribution >= 0.6 is 12.4 Å². The molecule has 0 bridgehead atoms. The Morgan fingerprint density at radius 1 is 1.24 bits per heavy atom. The molecule has 1 aliphatic carbocycles. The van der Waals surface area contributed by atoms with Crippen LogP contribution in [0.2, 0.25) is 0 Å². The van der Waals surface area contributed by atoms with Crippen LogP contribution < -0.4 is 15.4 Å². The molecule has 1 aliphatic heterocycles. The maximum Gasteiger partial charge on any atom is 0.245 e. The average molecular weight is 389 g/mol. The number of ether oxygens (including phenoxy) is 1. The van der Waals surface area contributed by atoms with Gasteiger partial charge in [-0.15, -0.1) is 12.4 Å². The quantitative estimate of drug-likeness (QED) is 0.778. The number of sulfone groups is 1. The van der Waals surface area contributed by atoms with Crippen LogP contribution in [0.15, 0.2) is 24.3 Å². The van der Waals surface area contributed by atoms with Gasteiger partial charge in [-0.3, -0.25) is 4.79 Å². The summed E-state index contributed by atoms with van der Waals surface area (Å²) in [6, 6.07) is 7.09. The lowest BCUT2D eigenvalue weighted by molar-refractivity contribution is -0.119. The molecule has 0 aromatic heterocycles. The second-order valence-corrected chi connectivity index (χ2v) is 9.08. The van der Waals surface area contributed by atoms with E-state index in [9.17, 15) is 13.2 Å². The second kappa shape index (κ2) is 7.93. The van der Waals surface area contributed by atoms with Gasteiger partial charge in [0.25, 0.3) is 0 Å². The molecule has 3 rings (SSSR count). The SMILES string of the molecule is CS(=O)(=O)C1(C(=O)Nc2ccc(OCC3CC3)cc2)CCNCC1.Cl. The largest absolute Gasteiger partial charge is 0.493 e. The van der Waals surface area contributed by atoms with Gasteiger partial charge in [-0.05, 0) is 69.0 Å². The van der Waals surface area contributed by atoms with E-state index in [1.807, 2.05) is 0 Å². The number of hydrogen-bond donors (Lipinski definition) is 2. The van der Waals surface area contributed by atoms with Crippen molar-refractivity contribution in [1.29, 1.82) is 0 Å². The zero-order chi connectivity index (χ0) is 17.2. The van der Waals surface area contributed by atoms with Crippen LogP contribution in [0.1, 0.15) is 25.7 Å². The molecule has 0 radical (unpaired) electrons. The normalized spacial score (nSPS) is 19.6. The molecule has 1 amide bonds. The Morgan fingerprint density at radius 2 is 1.84 bits per heavy atom. The molecule has 1 aromatic carbocycles. The zero-order valence-electron chi connectivity index (χ0n) is 14.3. The fraction of sp³-hybridized carbons (Fsp3) is 0.588. The Bertz CT molecular complexity index is 696. The molecule has 6 nitrogen and oxygen atoms in total. The molecule has 2 aliphatic rings. The van der Waals surface area contributed by atoms with Crippen molar-refractivity contribution in [1.82, 2.24) is 5.32 Å². The summed E-state index contributed by atoms with van der Waals surface area (Å²) < 4.78 is 28.8. The van der Waals surface area contributed by atoms with Crippen molar-refractivity contribution < 1.29 is 17.9 Å².